The van der Waals surface area contributed by atoms with E-state index >= 15 is 0 Å². The largest absolute Gasteiger partial charge is 0.493 e. The molecule has 2 rings (SSSR count). The van der Waals surface area contributed by atoms with Crippen LogP contribution in [0, 0.1) is 0 Å². The molecule has 0 amide bonds. The molecule has 1 aliphatic rings. The van der Waals surface area contributed by atoms with Gasteiger partial charge in [0.2, 0.25) is 0 Å². The maximum absolute atomic E-state index is 11.3. The van der Waals surface area contributed by atoms with E-state index in [0.717, 1.165) is 24.3 Å². The molecule has 0 unspecified atom stereocenters. The van der Waals surface area contributed by atoms with Crippen LogP contribution in [-0.2, 0) is 22.6 Å². The smallest absolute Gasteiger partial charge is 0.307 e. The fraction of sp³-hybridized carbons (Fsp3) is 0.462. The predicted octanol–water partition coefficient (Wildman–Crippen LogP) is 1.27. The third-order valence-electron chi connectivity index (χ3n) is 2.73. The Morgan fingerprint density at radius 1 is 1.53 bits per heavy atom. The van der Waals surface area contributed by atoms with Gasteiger partial charge in [0.05, 0.1) is 13.0 Å². The first-order valence-electron chi connectivity index (χ1n) is 5.84. The van der Waals surface area contributed by atoms with Crippen LogP contribution in [-0.4, -0.2) is 26.2 Å². The fourth-order valence-corrected chi connectivity index (χ4v) is 1.79. The van der Waals surface area contributed by atoms with Gasteiger partial charge < -0.3 is 14.8 Å². The van der Waals surface area contributed by atoms with Crippen molar-refractivity contribution in [1.82, 2.24) is 5.32 Å². The number of hydrogen-bond donors (Lipinski definition) is 1. The van der Waals surface area contributed by atoms with E-state index in [2.05, 4.69) is 5.32 Å². The van der Waals surface area contributed by atoms with Crippen LogP contribution in [0.25, 0.3) is 0 Å². The van der Waals surface area contributed by atoms with Gasteiger partial charge in [0, 0.05) is 13.0 Å². The lowest BCUT2D eigenvalue weighted by atomic mass is 10.1. The predicted molar refractivity (Wildman–Crippen MR) is 64.0 cm³/mol. The lowest BCUT2D eigenvalue weighted by Crippen LogP contribution is -2.14. The van der Waals surface area contributed by atoms with Crippen LogP contribution < -0.4 is 10.1 Å². The molecule has 1 N–H and O–H groups in total. The molecular formula is C13H17NO3. The average Bonchev–Trinajstić information content (AvgIpc) is 2.81. The van der Waals surface area contributed by atoms with Crippen LogP contribution in [0.4, 0.5) is 0 Å². The Morgan fingerprint density at radius 3 is 3.24 bits per heavy atom. The van der Waals surface area contributed by atoms with Gasteiger partial charge in [0.25, 0.3) is 0 Å². The highest BCUT2D eigenvalue weighted by atomic mass is 16.5. The lowest BCUT2D eigenvalue weighted by molar-refractivity contribution is -0.144. The number of carbonyl (C=O) groups is 1. The van der Waals surface area contributed by atoms with Gasteiger partial charge in [-0.3, -0.25) is 4.79 Å². The van der Waals surface area contributed by atoms with E-state index in [-0.39, 0.29) is 5.97 Å². The summed E-state index contributed by atoms with van der Waals surface area (Å²) in [5.41, 5.74) is 2.22. The van der Waals surface area contributed by atoms with E-state index < -0.39 is 0 Å². The molecular weight excluding hydrogens is 218 g/mol. The molecule has 0 radical (unpaired) electrons. The molecule has 4 heteroatoms. The molecule has 0 atom stereocenters. The average molecular weight is 235 g/mol. The standard InChI is InChI=1S/C13H17NO3/c1-14-6-4-13(15)17-9-10-2-3-12-11(8-10)5-7-16-12/h2-3,8,14H,4-7,9H2,1H3. The molecule has 4 nitrogen and oxygen atoms in total. The summed E-state index contributed by atoms with van der Waals surface area (Å²) in [5.74, 6) is 0.784. The second-order valence-electron chi connectivity index (χ2n) is 4.05. The zero-order valence-corrected chi connectivity index (χ0v) is 9.99. The number of fused-ring (bicyclic) bond motifs is 1. The van der Waals surface area contributed by atoms with Gasteiger partial charge in [-0.1, -0.05) is 6.07 Å². The Kier molecular flexibility index (Phi) is 3.98. The van der Waals surface area contributed by atoms with Gasteiger partial charge in [-0.15, -0.1) is 0 Å². The van der Waals surface area contributed by atoms with Crippen molar-refractivity contribution in [1.29, 1.82) is 0 Å². The quantitative estimate of drug-likeness (QED) is 0.781. The van der Waals surface area contributed by atoms with Crippen LogP contribution in [0.3, 0.4) is 0 Å². The molecule has 0 aromatic heterocycles. The van der Waals surface area contributed by atoms with E-state index in [1.807, 2.05) is 25.2 Å². The summed E-state index contributed by atoms with van der Waals surface area (Å²) in [4.78, 5) is 11.3. The monoisotopic (exact) mass is 235 g/mol. The molecule has 0 saturated heterocycles. The molecule has 1 heterocycles. The minimum Gasteiger partial charge on any atom is -0.493 e. The minimum absolute atomic E-state index is 0.170. The second-order valence-corrected chi connectivity index (χ2v) is 4.05. The Morgan fingerprint density at radius 2 is 2.41 bits per heavy atom. The molecule has 0 saturated carbocycles. The van der Waals surface area contributed by atoms with Crippen molar-refractivity contribution in [2.45, 2.75) is 19.4 Å². The molecule has 0 spiro atoms. The van der Waals surface area contributed by atoms with Gasteiger partial charge in [-0.05, 0) is 30.3 Å². The van der Waals surface area contributed by atoms with Crippen LogP contribution in [0.2, 0.25) is 0 Å². The zero-order chi connectivity index (χ0) is 12.1. The third kappa shape index (κ3) is 3.20. The fourth-order valence-electron chi connectivity index (χ4n) is 1.79. The van der Waals surface area contributed by atoms with E-state index in [1.165, 1.54) is 5.56 Å². The van der Waals surface area contributed by atoms with Gasteiger partial charge in [0.15, 0.2) is 0 Å². The third-order valence-corrected chi connectivity index (χ3v) is 2.73. The Bertz CT molecular complexity index is 404. The summed E-state index contributed by atoms with van der Waals surface area (Å²) in [6.07, 6.45) is 1.35. The van der Waals surface area contributed by atoms with Gasteiger partial charge in [-0.25, -0.2) is 0 Å². The molecule has 92 valence electrons. The normalized spacial score (nSPS) is 13.0. The highest BCUT2D eigenvalue weighted by Crippen LogP contribution is 2.26. The van der Waals surface area contributed by atoms with Crippen molar-refractivity contribution in [2.24, 2.45) is 0 Å². The van der Waals surface area contributed by atoms with Crippen LogP contribution >= 0.6 is 0 Å². The minimum atomic E-state index is -0.170. The van der Waals surface area contributed by atoms with Crippen molar-refractivity contribution < 1.29 is 14.3 Å². The molecule has 0 aliphatic carbocycles. The van der Waals surface area contributed by atoms with Crippen molar-refractivity contribution in [3.8, 4) is 5.75 Å². The van der Waals surface area contributed by atoms with Crippen molar-refractivity contribution in [2.75, 3.05) is 20.2 Å². The summed E-state index contributed by atoms with van der Waals surface area (Å²) in [7, 11) is 1.81. The summed E-state index contributed by atoms with van der Waals surface area (Å²) in [5, 5.41) is 2.91. The van der Waals surface area contributed by atoms with E-state index in [4.69, 9.17) is 9.47 Å². The lowest BCUT2D eigenvalue weighted by Gasteiger charge is -2.06. The molecule has 1 aromatic carbocycles. The summed E-state index contributed by atoms with van der Waals surface area (Å²) >= 11 is 0. The topological polar surface area (TPSA) is 47.6 Å². The molecule has 17 heavy (non-hydrogen) atoms. The first-order chi connectivity index (χ1) is 8.29. The Balaban J connectivity index is 1.85. The highest BCUT2D eigenvalue weighted by Gasteiger charge is 2.12. The van der Waals surface area contributed by atoms with Crippen molar-refractivity contribution >= 4 is 5.97 Å². The first kappa shape index (κ1) is 11.9. The SMILES string of the molecule is CNCCC(=O)OCc1ccc2c(c1)CCO2. The van der Waals surface area contributed by atoms with E-state index in [9.17, 15) is 4.79 Å². The highest BCUT2D eigenvalue weighted by molar-refractivity contribution is 5.69. The van der Waals surface area contributed by atoms with Crippen LogP contribution in [0.5, 0.6) is 5.75 Å². The van der Waals surface area contributed by atoms with Gasteiger partial charge in [0.1, 0.15) is 12.4 Å². The number of benzene rings is 1. The van der Waals surface area contributed by atoms with Gasteiger partial charge in [-0.2, -0.15) is 0 Å². The number of carbonyl (C=O) groups excluding carboxylic acids is 1. The Hall–Kier alpha value is -1.55. The number of hydrogen-bond acceptors (Lipinski definition) is 4. The molecule has 0 fully saturated rings. The van der Waals surface area contributed by atoms with Crippen molar-refractivity contribution in [3.05, 3.63) is 29.3 Å². The molecule has 1 aromatic rings. The number of esters is 1. The van der Waals surface area contributed by atoms with E-state index in [0.29, 0.717) is 19.6 Å². The summed E-state index contributed by atoms with van der Waals surface area (Å²) < 4.78 is 10.6. The second kappa shape index (κ2) is 5.68. The Labute approximate surface area is 101 Å². The summed E-state index contributed by atoms with van der Waals surface area (Å²) in [6, 6.07) is 5.93. The number of ether oxygens (including phenoxy) is 2. The van der Waals surface area contributed by atoms with Crippen LogP contribution in [0.1, 0.15) is 17.5 Å². The first-order valence-corrected chi connectivity index (χ1v) is 5.84. The number of rotatable bonds is 5. The van der Waals surface area contributed by atoms with E-state index in [1.54, 1.807) is 0 Å². The van der Waals surface area contributed by atoms with Crippen molar-refractivity contribution in [3.63, 3.8) is 0 Å². The molecule has 0 bridgehead atoms. The number of nitrogens with one attached hydrogen (secondary N) is 1. The zero-order valence-electron chi connectivity index (χ0n) is 9.99. The molecule has 1 aliphatic heterocycles. The summed E-state index contributed by atoms with van der Waals surface area (Å²) in [6.45, 7) is 1.74. The maximum Gasteiger partial charge on any atom is 0.307 e. The maximum atomic E-state index is 11.3. The van der Waals surface area contributed by atoms with Gasteiger partial charge >= 0.3 is 5.97 Å². The van der Waals surface area contributed by atoms with Crippen LogP contribution in [0.15, 0.2) is 18.2 Å².